The highest BCUT2D eigenvalue weighted by molar-refractivity contribution is 5.39. The SMILES string of the molecule is CCC1CCCN(CC(N)c2c(C)cc(C)cc2C)C1. The lowest BCUT2D eigenvalue weighted by Crippen LogP contribution is -2.40. The second-order valence-electron chi connectivity index (χ2n) is 6.59. The number of nitrogens with zero attached hydrogens (tertiary/aromatic N) is 1. The van der Waals surface area contributed by atoms with Crippen LogP contribution in [0.1, 0.15) is 54.5 Å². The van der Waals surface area contributed by atoms with E-state index in [1.807, 2.05) is 0 Å². The lowest BCUT2D eigenvalue weighted by atomic mass is 9.92. The first-order valence-corrected chi connectivity index (χ1v) is 8.07. The highest BCUT2D eigenvalue weighted by atomic mass is 15.1. The van der Waals surface area contributed by atoms with Crippen molar-refractivity contribution in [2.75, 3.05) is 19.6 Å². The van der Waals surface area contributed by atoms with E-state index in [0.29, 0.717) is 0 Å². The van der Waals surface area contributed by atoms with Crippen LogP contribution in [-0.4, -0.2) is 24.5 Å². The molecule has 0 amide bonds. The molecule has 0 radical (unpaired) electrons. The smallest absolute Gasteiger partial charge is 0.0429 e. The third-order valence-corrected chi connectivity index (χ3v) is 4.74. The van der Waals surface area contributed by atoms with Crippen molar-refractivity contribution in [2.24, 2.45) is 11.7 Å². The Bertz CT molecular complexity index is 430. The van der Waals surface area contributed by atoms with Crippen molar-refractivity contribution in [1.29, 1.82) is 0 Å². The lowest BCUT2D eigenvalue weighted by molar-refractivity contribution is 0.163. The number of hydrogen-bond donors (Lipinski definition) is 1. The van der Waals surface area contributed by atoms with Gasteiger partial charge in [0, 0.05) is 19.1 Å². The minimum absolute atomic E-state index is 0.145. The zero-order chi connectivity index (χ0) is 14.7. The average molecular weight is 274 g/mol. The molecule has 0 aromatic heterocycles. The molecule has 0 bridgehead atoms. The van der Waals surface area contributed by atoms with Crippen LogP contribution in [-0.2, 0) is 0 Å². The van der Waals surface area contributed by atoms with E-state index in [9.17, 15) is 0 Å². The fourth-order valence-corrected chi connectivity index (χ4v) is 3.80. The summed E-state index contributed by atoms with van der Waals surface area (Å²) in [5.41, 5.74) is 11.9. The molecular formula is C18H30N2. The Balaban J connectivity index is 2.06. The normalized spacial score (nSPS) is 21.9. The standard InChI is InChI=1S/C18H30N2/c1-5-16-7-6-8-20(11-16)12-17(19)18-14(3)9-13(2)10-15(18)4/h9-10,16-17H,5-8,11-12,19H2,1-4H3. The molecule has 20 heavy (non-hydrogen) atoms. The Morgan fingerprint density at radius 2 is 1.90 bits per heavy atom. The molecule has 2 rings (SSSR count). The fraction of sp³-hybridized carbons (Fsp3) is 0.667. The van der Waals surface area contributed by atoms with Crippen molar-refractivity contribution in [1.82, 2.24) is 4.90 Å². The van der Waals surface area contributed by atoms with E-state index < -0.39 is 0 Å². The van der Waals surface area contributed by atoms with Crippen LogP contribution < -0.4 is 5.73 Å². The first kappa shape index (κ1) is 15.5. The molecule has 2 N–H and O–H groups in total. The van der Waals surface area contributed by atoms with Gasteiger partial charge in [-0.25, -0.2) is 0 Å². The maximum atomic E-state index is 6.52. The van der Waals surface area contributed by atoms with Crippen molar-refractivity contribution in [3.8, 4) is 0 Å². The Kier molecular flexibility index (Phi) is 5.22. The summed E-state index contributed by atoms with van der Waals surface area (Å²) in [7, 11) is 0. The van der Waals surface area contributed by atoms with E-state index in [1.165, 1.54) is 54.6 Å². The van der Waals surface area contributed by atoms with Gasteiger partial charge in [-0.15, -0.1) is 0 Å². The van der Waals surface area contributed by atoms with E-state index >= 15 is 0 Å². The summed E-state index contributed by atoms with van der Waals surface area (Å²) in [4.78, 5) is 2.57. The van der Waals surface area contributed by atoms with Gasteiger partial charge in [-0.05, 0) is 62.8 Å². The summed E-state index contributed by atoms with van der Waals surface area (Å²) in [5.74, 6) is 0.871. The molecule has 2 unspecified atom stereocenters. The Morgan fingerprint density at radius 3 is 2.50 bits per heavy atom. The molecule has 1 heterocycles. The Labute approximate surface area is 124 Å². The molecule has 1 aliphatic heterocycles. The monoisotopic (exact) mass is 274 g/mol. The summed E-state index contributed by atoms with van der Waals surface area (Å²) < 4.78 is 0. The van der Waals surface area contributed by atoms with Crippen LogP contribution in [0.15, 0.2) is 12.1 Å². The first-order valence-electron chi connectivity index (χ1n) is 8.07. The van der Waals surface area contributed by atoms with E-state index in [4.69, 9.17) is 5.73 Å². The van der Waals surface area contributed by atoms with Crippen molar-refractivity contribution in [3.05, 3.63) is 34.4 Å². The molecule has 2 atom stereocenters. The van der Waals surface area contributed by atoms with Crippen molar-refractivity contribution in [3.63, 3.8) is 0 Å². The first-order chi connectivity index (χ1) is 9.51. The molecule has 0 spiro atoms. The van der Waals surface area contributed by atoms with Crippen LogP contribution in [0, 0.1) is 26.7 Å². The van der Waals surface area contributed by atoms with Gasteiger partial charge in [-0.1, -0.05) is 31.0 Å². The minimum Gasteiger partial charge on any atom is -0.323 e. The molecule has 112 valence electrons. The third kappa shape index (κ3) is 3.62. The van der Waals surface area contributed by atoms with E-state index in [0.717, 1.165) is 12.5 Å². The molecular weight excluding hydrogens is 244 g/mol. The molecule has 2 nitrogen and oxygen atoms in total. The van der Waals surface area contributed by atoms with Crippen molar-refractivity contribution >= 4 is 0 Å². The number of rotatable bonds is 4. The number of hydrogen-bond acceptors (Lipinski definition) is 2. The molecule has 1 saturated heterocycles. The summed E-state index contributed by atoms with van der Waals surface area (Å²) in [5, 5.41) is 0. The largest absolute Gasteiger partial charge is 0.323 e. The van der Waals surface area contributed by atoms with Gasteiger partial charge in [0.05, 0.1) is 0 Å². The van der Waals surface area contributed by atoms with E-state index in [1.54, 1.807) is 0 Å². The fourth-order valence-electron chi connectivity index (χ4n) is 3.80. The zero-order valence-electron chi connectivity index (χ0n) is 13.6. The third-order valence-electron chi connectivity index (χ3n) is 4.74. The molecule has 2 heteroatoms. The predicted molar refractivity (Wildman–Crippen MR) is 87.0 cm³/mol. The van der Waals surface area contributed by atoms with Gasteiger partial charge in [-0.2, -0.15) is 0 Å². The second-order valence-corrected chi connectivity index (χ2v) is 6.59. The number of likely N-dealkylation sites (tertiary alicyclic amines) is 1. The molecule has 1 aliphatic rings. The summed E-state index contributed by atoms with van der Waals surface area (Å²) in [6.07, 6.45) is 4.02. The molecule has 0 saturated carbocycles. The van der Waals surface area contributed by atoms with Crippen LogP contribution in [0.4, 0.5) is 0 Å². The topological polar surface area (TPSA) is 29.3 Å². The molecule has 1 fully saturated rings. The summed E-state index contributed by atoms with van der Waals surface area (Å²) >= 11 is 0. The maximum absolute atomic E-state index is 6.52. The summed E-state index contributed by atoms with van der Waals surface area (Å²) in [6.45, 7) is 12.3. The van der Waals surface area contributed by atoms with Gasteiger partial charge >= 0.3 is 0 Å². The number of piperidine rings is 1. The maximum Gasteiger partial charge on any atom is 0.0429 e. The van der Waals surface area contributed by atoms with Crippen LogP contribution in [0.3, 0.4) is 0 Å². The second kappa shape index (κ2) is 6.73. The van der Waals surface area contributed by atoms with E-state index in [-0.39, 0.29) is 6.04 Å². The number of benzene rings is 1. The average Bonchev–Trinajstić information content (AvgIpc) is 2.37. The van der Waals surface area contributed by atoms with Crippen molar-refractivity contribution < 1.29 is 0 Å². The minimum atomic E-state index is 0.145. The van der Waals surface area contributed by atoms with Gasteiger partial charge in [-0.3, -0.25) is 0 Å². The Morgan fingerprint density at radius 1 is 1.25 bits per heavy atom. The zero-order valence-corrected chi connectivity index (χ0v) is 13.6. The summed E-state index contributed by atoms with van der Waals surface area (Å²) in [6, 6.07) is 4.66. The van der Waals surface area contributed by atoms with Crippen LogP contribution in [0.25, 0.3) is 0 Å². The number of aryl methyl sites for hydroxylation is 3. The van der Waals surface area contributed by atoms with Gasteiger partial charge in [0.2, 0.25) is 0 Å². The lowest BCUT2D eigenvalue weighted by Gasteiger charge is -2.34. The molecule has 0 aliphatic carbocycles. The Hall–Kier alpha value is -0.860. The van der Waals surface area contributed by atoms with Gasteiger partial charge in [0.15, 0.2) is 0 Å². The molecule has 1 aromatic rings. The molecule has 1 aromatic carbocycles. The highest BCUT2D eigenvalue weighted by Crippen LogP contribution is 2.25. The van der Waals surface area contributed by atoms with Crippen molar-refractivity contribution in [2.45, 2.75) is 53.0 Å². The number of nitrogens with two attached hydrogens (primary N) is 1. The van der Waals surface area contributed by atoms with Gasteiger partial charge in [0.25, 0.3) is 0 Å². The van der Waals surface area contributed by atoms with Gasteiger partial charge in [0.1, 0.15) is 0 Å². The van der Waals surface area contributed by atoms with Crippen LogP contribution >= 0.6 is 0 Å². The highest BCUT2D eigenvalue weighted by Gasteiger charge is 2.22. The van der Waals surface area contributed by atoms with Crippen LogP contribution in [0.2, 0.25) is 0 Å². The van der Waals surface area contributed by atoms with E-state index in [2.05, 4.69) is 44.7 Å². The van der Waals surface area contributed by atoms with Crippen LogP contribution in [0.5, 0.6) is 0 Å². The van der Waals surface area contributed by atoms with Gasteiger partial charge < -0.3 is 10.6 Å². The quantitative estimate of drug-likeness (QED) is 0.906. The predicted octanol–water partition coefficient (Wildman–Crippen LogP) is 3.73.